The smallest absolute Gasteiger partial charge is 0.232 e. The number of furan rings is 1. The Morgan fingerprint density at radius 3 is 2.46 bits per heavy atom. The summed E-state index contributed by atoms with van der Waals surface area (Å²) in [6.45, 7) is 7.03. The molecule has 2 aliphatic heterocycles. The molecular weight excluding hydrogens is 372 g/mol. The average molecular weight is 401 g/mol. The number of hydrogen-bond donors (Lipinski definition) is 2. The number of aromatic nitrogens is 2. The van der Waals surface area contributed by atoms with Crippen LogP contribution < -0.4 is 20.4 Å². The lowest BCUT2D eigenvalue weighted by atomic mass is 9.99. The number of anilines is 3. The van der Waals surface area contributed by atoms with E-state index in [2.05, 4.69) is 33.4 Å². The number of nitrogens with zero attached hydrogens (tertiary/aromatic N) is 4. The van der Waals surface area contributed by atoms with Gasteiger partial charge >= 0.3 is 0 Å². The standard InChI is InChI=1S/C20H28N6OS/c1-15-6-10-26(11-7-15)18-13-17(25-8-2-3-9-25)22-19(23-18)24-20(28)21-14-16-5-4-12-27-16/h4-5,12-13,15H,2-3,6-11,14H2,1H3,(H2,21,22,23,24,28). The fourth-order valence-electron chi connectivity index (χ4n) is 3.71. The van der Waals surface area contributed by atoms with Crippen molar-refractivity contribution in [3.8, 4) is 0 Å². The van der Waals surface area contributed by atoms with E-state index in [1.165, 1.54) is 25.7 Å². The largest absolute Gasteiger partial charge is 0.467 e. The van der Waals surface area contributed by atoms with Crippen molar-refractivity contribution >= 4 is 34.9 Å². The van der Waals surface area contributed by atoms with Crippen LogP contribution >= 0.6 is 12.2 Å². The monoisotopic (exact) mass is 400 g/mol. The molecule has 7 nitrogen and oxygen atoms in total. The molecule has 0 bridgehead atoms. The van der Waals surface area contributed by atoms with Crippen LogP contribution in [0.1, 0.15) is 38.4 Å². The predicted octanol–water partition coefficient (Wildman–Crippen LogP) is 3.39. The van der Waals surface area contributed by atoms with E-state index in [-0.39, 0.29) is 0 Å². The fraction of sp³-hybridized carbons (Fsp3) is 0.550. The molecule has 2 aromatic rings. The van der Waals surface area contributed by atoms with Crippen LogP contribution in [-0.2, 0) is 6.54 Å². The molecule has 0 spiro atoms. The van der Waals surface area contributed by atoms with E-state index < -0.39 is 0 Å². The van der Waals surface area contributed by atoms with Crippen molar-refractivity contribution < 1.29 is 4.42 Å². The average Bonchev–Trinajstić information content (AvgIpc) is 3.41. The van der Waals surface area contributed by atoms with E-state index in [4.69, 9.17) is 26.6 Å². The van der Waals surface area contributed by atoms with E-state index in [0.29, 0.717) is 17.6 Å². The first-order valence-electron chi connectivity index (χ1n) is 10.1. The van der Waals surface area contributed by atoms with Crippen molar-refractivity contribution in [3.05, 3.63) is 30.2 Å². The molecule has 0 radical (unpaired) electrons. The van der Waals surface area contributed by atoms with Gasteiger partial charge in [-0.1, -0.05) is 6.92 Å². The van der Waals surface area contributed by atoms with Crippen molar-refractivity contribution in [1.82, 2.24) is 15.3 Å². The third-order valence-electron chi connectivity index (χ3n) is 5.47. The molecule has 2 aromatic heterocycles. The molecule has 0 unspecified atom stereocenters. The summed E-state index contributed by atoms with van der Waals surface area (Å²) in [6.07, 6.45) is 6.49. The highest BCUT2D eigenvalue weighted by atomic mass is 32.1. The van der Waals surface area contributed by atoms with Crippen LogP contribution in [0.25, 0.3) is 0 Å². The van der Waals surface area contributed by atoms with Crippen LogP contribution in [0.4, 0.5) is 17.6 Å². The Kier molecular flexibility index (Phi) is 5.95. The first kappa shape index (κ1) is 19.0. The van der Waals surface area contributed by atoms with Crippen LogP contribution in [0, 0.1) is 5.92 Å². The number of rotatable bonds is 5. The van der Waals surface area contributed by atoms with Gasteiger partial charge in [0.1, 0.15) is 17.4 Å². The molecule has 2 fully saturated rings. The number of piperidine rings is 1. The maximum Gasteiger partial charge on any atom is 0.232 e. The molecule has 8 heteroatoms. The second-order valence-electron chi connectivity index (χ2n) is 7.66. The van der Waals surface area contributed by atoms with Crippen LogP contribution in [0.2, 0.25) is 0 Å². The van der Waals surface area contributed by atoms with Gasteiger partial charge in [-0.05, 0) is 56.0 Å². The molecule has 0 amide bonds. The third kappa shape index (κ3) is 4.73. The zero-order valence-electron chi connectivity index (χ0n) is 16.4. The summed E-state index contributed by atoms with van der Waals surface area (Å²) in [5.74, 6) is 4.14. The van der Waals surface area contributed by atoms with Gasteiger partial charge in [0.2, 0.25) is 5.95 Å². The van der Waals surface area contributed by atoms with Crippen molar-refractivity contribution in [1.29, 1.82) is 0 Å². The summed E-state index contributed by atoms with van der Waals surface area (Å²) < 4.78 is 5.33. The third-order valence-corrected chi connectivity index (χ3v) is 5.71. The molecule has 0 saturated carbocycles. The SMILES string of the molecule is CC1CCN(c2cc(N3CCCC3)nc(NC(=S)NCc3ccco3)n2)CC1. The van der Waals surface area contributed by atoms with Gasteiger partial charge in [0, 0.05) is 32.2 Å². The Hall–Kier alpha value is -2.35. The minimum atomic E-state index is 0.494. The molecule has 0 atom stereocenters. The quantitative estimate of drug-likeness (QED) is 0.740. The van der Waals surface area contributed by atoms with Crippen molar-refractivity contribution in [2.75, 3.05) is 41.3 Å². The Labute approximate surface area is 171 Å². The van der Waals surface area contributed by atoms with Gasteiger partial charge in [-0.3, -0.25) is 0 Å². The van der Waals surface area contributed by atoms with Crippen molar-refractivity contribution in [2.45, 2.75) is 39.2 Å². The fourth-order valence-corrected chi connectivity index (χ4v) is 3.88. The lowest BCUT2D eigenvalue weighted by Gasteiger charge is -2.32. The second-order valence-corrected chi connectivity index (χ2v) is 8.07. The van der Waals surface area contributed by atoms with Crippen LogP contribution in [0.15, 0.2) is 28.9 Å². The maximum absolute atomic E-state index is 5.43. The molecule has 28 heavy (non-hydrogen) atoms. The van der Waals surface area contributed by atoms with Gasteiger partial charge < -0.3 is 24.9 Å². The van der Waals surface area contributed by atoms with Gasteiger partial charge in [0.15, 0.2) is 5.11 Å². The van der Waals surface area contributed by atoms with E-state index >= 15 is 0 Å². The van der Waals surface area contributed by atoms with Crippen LogP contribution in [0.3, 0.4) is 0 Å². The molecule has 2 aliphatic rings. The summed E-state index contributed by atoms with van der Waals surface area (Å²) in [7, 11) is 0. The van der Waals surface area contributed by atoms with Crippen LogP contribution in [0.5, 0.6) is 0 Å². The molecule has 0 aliphatic carbocycles. The molecule has 150 valence electrons. The molecular formula is C20H28N6OS. The van der Waals surface area contributed by atoms with Gasteiger partial charge in [-0.25, -0.2) is 0 Å². The Balaban J connectivity index is 1.48. The molecule has 0 aromatic carbocycles. The first-order valence-corrected chi connectivity index (χ1v) is 10.5. The molecule has 4 rings (SSSR count). The highest BCUT2D eigenvalue weighted by Gasteiger charge is 2.21. The van der Waals surface area contributed by atoms with Crippen molar-refractivity contribution in [3.63, 3.8) is 0 Å². The van der Waals surface area contributed by atoms with Gasteiger partial charge in [0.25, 0.3) is 0 Å². The molecule has 2 N–H and O–H groups in total. The van der Waals surface area contributed by atoms with E-state index in [0.717, 1.165) is 49.5 Å². The maximum atomic E-state index is 5.43. The zero-order valence-corrected chi connectivity index (χ0v) is 17.2. The molecule has 4 heterocycles. The van der Waals surface area contributed by atoms with Gasteiger partial charge in [-0.15, -0.1) is 0 Å². The summed E-state index contributed by atoms with van der Waals surface area (Å²) in [5, 5.41) is 6.80. The topological polar surface area (TPSA) is 69.5 Å². The normalized spacial score (nSPS) is 17.8. The summed E-state index contributed by atoms with van der Waals surface area (Å²) in [6, 6.07) is 5.91. The lowest BCUT2D eigenvalue weighted by molar-refractivity contribution is 0.436. The van der Waals surface area contributed by atoms with Crippen molar-refractivity contribution in [2.24, 2.45) is 5.92 Å². The highest BCUT2D eigenvalue weighted by Crippen LogP contribution is 2.27. The lowest BCUT2D eigenvalue weighted by Crippen LogP contribution is -2.34. The summed E-state index contributed by atoms with van der Waals surface area (Å²) in [5.41, 5.74) is 0. The first-order chi connectivity index (χ1) is 13.7. The Bertz CT molecular complexity index is 782. The summed E-state index contributed by atoms with van der Waals surface area (Å²) in [4.78, 5) is 14.2. The Morgan fingerprint density at radius 1 is 1.14 bits per heavy atom. The van der Waals surface area contributed by atoms with E-state index in [1.807, 2.05) is 12.1 Å². The van der Waals surface area contributed by atoms with Gasteiger partial charge in [-0.2, -0.15) is 9.97 Å². The number of hydrogen-bond acceptors (Lipinski definition) is 6. The summed E-state index contributed by atoms with van der Waals surface area (Å²) >= 11 is 5.43. The highest BCUT2D eigenvalue weighted by molar-refractivity contribution is 7.80. The predicted molar refractivity (Wildman–Crippen MR) is 116 cm³/mol. The second kappa shape index (κ2) is 8.77. The van der Waals surface area contributed by atoms with Crippen LogP contribution in [-0.4, -0.2) is 41.3 Å². The number of nitrogens with one attached hydrogen (secondary N) is 2. The van der Waals surface area contributed by atoms with Gasteiger partial charge in [0.05, 0.1) is 12.8 Å². The van der Waals surface area contributed by atoms with E-state index in [9.17, 15) is 0 Å². The molecule has 2 saturated heterocycles. The minimum Gasteiger partial charge on any atom is -0.467 e. The zero-order chi connectivity index (χ0) is 19.3. The Morgan fingerprint density at radius 2 is 1.82 bits per heavy atom. The van der Waals surface area contributed by atoms with E-state index in [1.54, 1.807) is 6.26 Å². The minimum absolute atomic E-state index is 0.494. The number of thiocarbonyl (C=S) groups is 1.